The fraction of sp³-hybridized carbons (Fsp3) is 0.516. The second-order valence-corrected chi connectivity index (χ2v) is 15.4. The Labute approximate surface area is 269 Å². The monoisotopic (exact) mass is 676 g/mol. The lowest BCUT2D eigenvalue weighted by molar-refractivity contribution is -0.137. The molecule has 4 aliphatic rings. The average molecular weight is 677 g/mol. The van der Waals surface area contributed by atoms with E-state index in [9.17, 15) is 26.4 Å². The number of hydrogen-bond acceptors (Lipinski definition) is 10. The first kappa shape index (κ1) is 31.3. The first-order valence-corrected chi connectivity index (χ1v) is 18.0. The number of aryl methyl sites for hydroxylation is 1. The Morgan fingerprint density at radius 3 is 2.50 bits per heavy atom. The van der Waals surface area contributed by atoms with Crippen molar-refractivity contribution < 1.29 is 31.1 Å². The van der Waals surface area contributed by atoms with E-state index >= 15 is 0 Å². The molecule has 1 aromatic carbocycles. The van der Waals surface area contributed by atoms with Gasteiger partial charge in [0.1, 0.15) is 10.4 Å². The number of nitrogens with one attached hydrogen (secondary N) is 1. The molecule has 5 heterocycles. The summed E-state index contributed by atoms with van der Waals surface area (Å²) in [6.45, 7) is 8.56. The van der Waals surface area contributed by atoms with E-state index in [1.165, 1.54) is 4.90 Å². The maximum absolute atomic E-state index is 14.2. The SMILES string of the molecule is CCc1cc(N2CCN(CC3COC3)CC2)ccc1Nc1ncc(C(F)(F)F)c(-c2cc3c(s2)C(=O)N(C2CC2)CCS3(=O)=O)n1. The topological polar surface area (TPSA) is 108 Å². The molecular formula is C31H35F3N6O4S2. The van der Waals surface area contributed by atoms with Crippen LogP contribution in [-0.2, 0) is 27.2 Å². The standard InChI is InChI=1S/C31H35F3N6O4S2/c1-2-20-13-22(39-9-7-38(8-10-39)16-19-17-44-18-19)5-6-24(20)36-30-35-15-23(31(32,33)34)27(37-30)25-14-26-28(45-25)29(41)40(21-3-4-21)11-12-46(26,42)43/h5-6,13-15,19,21H,2-4,7-12,16-18H2,1H3,(H,35,36,37). The Bertz CT molecular complexity index is 1750. The van der Waals surface area contributed by atoms with Gasteiger partial charge in [0, 0.05) is 68.8 Å². The zero-order valence-electron chi connectivity index (χ0n) is 25.3. The Morgan fingerprint density at radius 2 is 1.85 bits per heavy atom. The molecule has 10 nitrogen and oxygen atoms in total. The van der Waals surface area contributed by atoms with E-state index in [-0.39, 0.29) is 38.9 Å². The van der Waals surface area contributed by atoms with E-state index in [1.54, 1.807) is 0 Å². The number of aromatic nitrogens is 2. The zero-order chi connectivity index (χ0) is 32.2. The van der Waals surface area contributed by atoms with Crippen LogP contribution in [-0.4, -0.2) is 98.4 Å². The van der Waals surface area contributed by atoms with Gasteiger partial charge in [0.05, 0.1) is 34.4 Å². The van der Waals surface area contributed by atoms with Gasteiger partial charge >= 0.3 is 6.18 Å². The summed E-state index contributed by atoms with van der Waals surface area (Å²) in [5.74, 6) is -0.170. The molecular weight excluding hydrogens is 642 g/mol. The number of fused-ring (bicyclic) bond motifs is 1. The summed E-state index contributed by atoms with van der Waals surface area (Å²) in [4.78, 5) is 27.6. The number of ether oxygens (including phenoxy) is 1. The molecule has 1 amide bonds. The number of anilines is 3. The first-order valence-electron chi connectivity index (χ1n) is 15.6. The van der Waals surface area contributed by atoms with E-state index in [0.717, 1.165) is 87.4 Å². The minimum Gasteiger partial charge on any atom is -0.381 e. The molecule has 7 rings (SSSR count). The van der Waals surface area contributed by atoms with Gasteiger partial charge < -0.3 is 19.9 Å². The summed E-state index contributed by atoms with van der Waals surface area (Å²) in [6, 6.07) is 7.09. The summed E-state index contributed by atoms with van der Waals surface area (Å²) < 4.78 is 74.1. The number of halogens is 3. The number of hydrogen-bond donors (Lipinski definition) is 1. The van der Waals surface area contributed by atoms with Gasteiger partial charge in [-0.05, 0) is 49.1 Å². The predicted octanol–water partition coefficient (Wildman–Crippen LogP) is 4.69. The van der Waals surface area contributed by atoms with E-state index in [0.29, 0.717) is 24.2 Å². The molecule has 3 aromatic rings. The number of alkyl halides is 3. The van der Waals surface area contributed by atoms with E-state index in [2.05, 4.69) is 31.2 Å². The number of carbonyl (C=O) groups excluding carboxylic acids is 1. The summed E-state index contributed by atoms with van der Waals surface area (Å²) in [5, 5.41) is 3.09. The van der Waals surface area contributed by atoms with E-state index < -0.39 is 33.2 Å². The second-order valence-electron chi connectivity index (χ2n) is 12.3. The highest BCUT2D eigenvalue weighted by molar-refractivity contribution is 7.91. The normalized spacial score (nSPS) is 20.7. The third-order valence-corrected chi connectivity index (χ3v) is 12.1. The fourth-order valence-corrected chi connectivity index (χ4v) is 9.18. The quantitative estimate of drug-likeness (QED) is 0.364. The molecule has 0 bridgehead atoms. The Morgan fingerprint density at radius 1 is 1.09 bits per heavy atom. The van der Waals surface area contributed by atoms with Crippen LogP contribution in [0.25, 0.3) is 10.6 Å². The molecule has 2 aromatic heterocycles. The molecule has 0 atom stereocenters. The molecule has 2 saturated heterocycles. The number of benzene rings is 1. The minimum absolute atomic E-state index is 0.0314. The van der Waals surface area contributed by atoms with Crippen LogP contribution >= 0.6 is 11.3 Å². The molecule has 0 radical (unpaired) electrons. The van der Waals surface area contributed by atoms with Crippen LogP contribution in [0.5, 0.6) is 0 Å². The number of nitrogens with zero attached hydrogens (tertiary/aromatic N) is 5. The van der Waals surface area contributed by atoms with Gasteiger partial charge in [0.2, 0.25) is 5.95 Å². The van der Waals surface area contributed by atoms with Crippen molar-refractivity contribution >= 4 is 44.4 Å². The van der Waals surface area contributed by atoms with Gasteiger partial charge in [0.15, 0.2) is 9.84 Å². The van der Waals surface area contributed by atoms with Crippen molar-refractivity contribution in [3.05, 3.63) is 46.5 Å². The minimum atomic E-state index is -4.80. The van der Waals surface area contributed by atoms with Crippen LogP contribution < -0.4 is 10.2 Å². The Kier molecular flexibility index (Phi) is 8.22. The van der Waals surface area contributed by atoms with Gasteiger partial charge in [-0.2, -0.15) is 13.2 Å². The number of carbonyl (C=O) groups is 1. The molecule has 0 spiro atoms. The lowest BCUT2D eigenvalue weighted by atomic mass is 10.1. The number of thiophene rings is 1. The molecule has 1 N–H and O–H groups in total. The third kappa shape index (κ3) is 6.21. The zero-order valence-corrected chi connectivity index (χ0v) is 27.0. The van der Waals surface area contributed by atoms with Gasteiger partial charge in [-0.15, -0.1) is 11.3 Å². The molecule has 3 aliphatic heterocycles. The summed E-state index contributed by atoms with van der Waals surface area (Å²) in [6.07, 6.45) is -1.86. The smallest absolute Gasteiger partial charge is 0.381 e. The molecule has 46 heavy (non-hydrogen) atoms. The number of sulfone groups is 1. The summed E-state index contributed by atoms with van der Waals surface area (Å²) in [7, 11) is -3.88. The Balaban J connectivity index is 1.15. The van der Waals surface area contributed by atoms with Crippen molar-refractivity contribution in [3.63, 3.8) is 0 Å². The number of piperazine rings is 1. The van der Waals surface area contributed by atoms with Gasteiger partial charge in [0.25, 0.3) is 5.91 Å². The van der Waals surface area contributed by atoms with Crippen LogP contribution in [0.2, 0.25) is 0 Å². The highest BCUT2D eigenvalue weighted by Gasteiger charge is 2.42. The maximum atomic E-state index is 14.2. The lowest BCUT2D eigenvalue weighted by Gasteiger charge is -2.39. The first-order chi connectivity index (χ1) is 22.0. The van der Waals surface area contributed by atoms with Crippen molar-refractivity contribution in [2.75, 3.05) is 68.5 Å². The highest BCUT2D eigenvalue weighted by atomic mass is 32.2. The molecule has 3 fully saturated rings. The van der Waals surface area contributed by atoms with Crippen molar-refractivity contribution in [1.82, 2.24) is 19.8 Å². The lowest BCUT2D eigenvalue weighted by Crippen LogP contribution is -2.50. The molecule has 15 heteroatoms. The van der Waals surface area contributed by atoms with Gasteiger partial charge in [-0.25, -0.2) is 18.4 Å². The average Bonchev–Trinajstić information content (AvgIpc) is 3.75. The number of rotatable bonds is 8. The van der Waals surface area contributed by atoms with E-state index in [1.807, 2.05) is 19.1 Å². The summed E-state index contributed by atoms with van der Waals surface area (Å²) >= 11 is 0.736. The van der Waals surface area contributed by atoms with Crippen molar-refractivity contribution in [2.45, 2.75) is 43.3 Å². The van der Waals surface area contributed by atoms with Gasteiger partial charge in [-0.3, -0.25) is 9.69 Å². The van der Waals surface area contributed by atoms with Crippen LogP contribution in [0, 0.1) is 5.92 Å². The van der Waals surface area contributed by atoms with Crippen LogP contribution in [0.15, 0.2) is 35.4 Å². The van der Waals surface area contributed by atoms with Crippen LogP contribution in [0.3, 0.4) is 0 Å². The number of amides is 1. The van der Waals surface area contributed by atoms with Crippen molar-refractivity contribution in [1.29, 1.82) is 0 Å². The summed E-state index contributed by atoms with van der Waals surface area (Å²) in [5.41, 5.74) is 1.13. The van der Waals surface area contributed by atoms with Crippen molar-refractivity contribution in [2.24, 2.45) is 5.92 Å². The highest BCUT2D eigenvalue weighted by Crippen LogP contribution is 2.43. The van der Waals surface area contributed by atoms with Crippen LogP contribution in [0.1, 0.15) is 40.6 Å². The Hall–Kier alpha value is -3.27. The second kappa shape index (κ2) is 12.1. The fourth-order valence-electron chi connectivity index (χ4n) is 6.26. The maximum Gasteiger partial charge on any atom is 0.420 e. The third-order valence-electron chi connectivity index (χ3n) is 9.08. The molecule has 1 saturated carbocycles. The van der Waals surface area contributed by atoms with Gasteiger partial charge in [-0.1, -0.05) is 6.92 Å². The molecule has 246 valence electrons. The largest absolute Gasteiger partial charge is 0.420 e. The molecule has 0 unspecified atom stereocenters. The van der Waals surface area contributed by atoms with Crippen LogP contribution in [0.4, 0.5) is 30.5 Å². The van der Waals surface area contributed by atoms with E-state index in [4.69, 9.17) is 4.74 Å². The predicted molar refractivity (Wildman–Crippen MR) is 169 cm³/mol. The van der Waals surface area contributed by atoms with Crippen molar-refractivity contribution in [3.8, 4) is 10.6 Å². The molecule has 1 aliphatic carbocycles.